The van der Waals surface area contributed by atoms with E-state index in [9.17, 15) is 9.59 Å². The second-order valence-corrected chi connectivity index (χ2v) is 9.54. The Kier molecular flexibility index (Phi) is 9.72. The number of amides is 2. The summed E-state index contributed by atoms with van der Waals surface area (Å²) >= 11 is 0. The molecule has 2 amide bonds. The Hall–Kier alpha value is -4.14. The summed E-state index contributed by atoms with van der Waals surface area (Å²) in [5, 5.41) is 8.90. The van der Waals surface area contributed by atoms with E-state index in [1.807, 2.05) is 41.3 Å². The number of anilines is 1. The minimum Gasteiger partial charge on any atom is -0.497 e. The van der Waals surface area contributed by atoms with Crippen molar-refractivity contribution in [1.29, 1.82) is 0 Å². The van der Waals surface area contributed by atoms with Crippen LogP contribution in [0.1, 0.15) is 36.5 Å². The van der Waals surface area contributed by atoms with Crippen molar-refractivity contribution in [3.63, 3.8) is 0 Å². The van der Waals surface area contributed by atoms with Crippen LogP contribution in [0.5, 0.6) is 11.5 Å². The first kappa shape index (κ1) is 27.9. The second kappa shape index (κ2) is 13.6. The molecule has 39 heavy (non-hydrogen) atoms. The number of hydrogen-bond donors (Lipinski definition) is 0. The van der Waals surface area contributed by atoms with Gasteiger partial charge in [0, 0.05) is 43.9 Å². The molecule has 9 nitrogen and oxygen atoms in total. The first-order chi connectivity index (χ1) is 19.0. The maximum atomic E-state index is 13.3. The Balaban J connectivity index is 1.38. The molecule has 1 aromatic heterocycles. The van der Waals surface area contributed by atoms with E-state index in [1.165, 1.54) is 0 Å². The minimum atomic E-state index is -0.154. The van der Waals surface area contributed by atoms with Crippen LogP contribution in [0.3, 0.4) is 0 Å². The fourth-order valence-electron chi connectivity index (χ4n) is 4.63. The van der Waals surface area contributed by atoms with Gasteiger partial charge in [0.1, 0.15) is 18.0 Å². The molecule has 1 aliphatic rings. The van der Waals surface area contributed by atoms with Gasteiger partial charge in [0.05, 0.1) is 19.9 Å². The maximum absolute atomic E-state index is 13.3. The van der Waals surface area contributed by atoms with E-state index < -0.39 is 0 Å². The molecular weight excluding hydrogens is 494 g/mol. The van der Waals surface area contributed by atoms with Crippen LogP contribution in [0.2, 0.25) is 0 Å². The lowest BCUT2D eigenvalue weighted by molar-refractivity contribution is -0.131. The highest BCUT2D eigenvalue weighted by atomic mass is 16.5. The van der Waals surface area contributed by atoms with Crippen LogP contribution in [-0.4, -0.2) is 85.3 Å². The van der Waals surface area contributed by atoms with Crippen LogP contribution in [0.15, 0.2) is 60.7 Å². The smallest absolute Gasteiger partial charge is 0.254 e. The molecule has 0 spiro atoms. The monoisotopic (exact) mass is 531 g/mol. The number of hydrogen-bond acceptors (Lipinski definition) is 7. The molecule has 0 saturated carbocycles. The first-order valence-electron chi connectivity index (χ1n) is 13.5. The molecule has 2 aromatic carbocycles. The van der Waals surface area contributed by atoms with Crippen LogP contribution in [0.4, 0.5) is 5.82 Å². The zero-order valence-corrected chi connectivity index (χ0v) is 23.0. The summed E-state index contributed by atoms with van der Waals surface area (Å²) in [5.74, 6) is 1.99. The summed E-state index contributed by atoms with van der Waals surface area (Å²) < 4.78 is 10.6. The molecule has 2 heterocycles. The van der Waals surface area contributed by atoms with Gasteiger partial charge in [0.25, 0.3) is 5.91 Å². The normalized spacial score (nSPS) is 13.5. The summed E-state index contributed by atoms with van der Waals surface area (Å²) in [7, 11) is 3.22. The standard InChI is InChI=1S/C30H37N5O4/c1-4-5-15-35(30(37)24-10-7-12-26(21-24)39-3)22-29(36)34-17-8-16-33(18-19-34)28-14-13-27(31-32-28)23-9-6-11-25(20-23)38-2/h6-7,9-14,20-21H,4-5,8,15-19,22H2,1-3H3. The van der Waals surface area contributed by atoms with Crippen LogP contribution in [0, 0.1) is 0 Å². The number of methoxy groups -OCH3 is 2. The highest BCUT2D eigenvalue weighted by Crippen LogP contribution is 2.23. The molecule has 4 rings (SSSR count). The van der Waals surface area contributed by atoms with Gasteiger partial charge in [-0.1, -0.05) is 31.5 Å². The van der Waals surface area contributed by atoms with E-state index in [-0.39, 0.29) is 18.4 Å². The summed E-state index contributed by atoms with van der Waals surface area (Å²) in [6.45, 7) is 5.30. The molecule has 1 fully saturated rings. The molecule has 9 heteroatoms. The lowest BCUT2D eigenvalue weighted by Crippen LogP contribution is -2.44. The second-order valence-electron chi connectivity index (χ2n) is 9.54. The van der Waals surface area contributed by atoms with Crippen molar-refractivity contribution < 1.29 is 19.1 Å². The van der Waals surface area contributed by atoms with Gasteiger partial charge in [0.2, 0.25) is 5.91 Å². The third kappa shape index (κ3) is 7.25. The highest BCUT2D eigenvalue weighted by molar-refractivity contribution is 5.96. The number of rotatable bonds is 10. The number of nitrogens with zero attached hydrogens (tertiary/aromatic N) is 5. The van der Waals surface area contributed by atoms with Crippen molar-refractivity contribution >= 4 is 17.6 Å². The topological polar surface area (TPSA) is 88.1 Å². The molecular formula is C30H37N5O4. The van der Waals surface area contributed by atoms with Crippen LogP contribution >= 0.6 is 0 Å². The van der Waals surface area contributed by atoms with Crippen molar-refractivity contribution in [1.82, 2.24) is 20.0 Å². The molecule has 0 unspecified atom stereocenters. The third-order valence-corrected chi connectivity index (χ3v) is 6.90. The van der Waals surface area contributed by atoms with E-state index in [0.29, 0.717) is 37.5 Å². The van der Waals surface area contributed by atoms with Crippen molar-refractivity contribution in [3.05, 3.63) is 66.2 Å². The fourth-order valence-corrected chi connectivity index (χ4v) is 4.63. The van der Waals surface area contributed by atoms with Crippen molar-refractivity contribution in [2.75, 3.05) is 58.4 Å². The summed E-state index contributed by atoms with van der Waals surface area (Å²) in [4.78, 5) is 32.3. The van der Waals surface area contributed by atoms with Gasteiger partial charge < -0.3 is 24.2 Å². The Morgan fingerprint density at radius 3 is 2.38 bits per heavy atom. The Labute approximate surface area is 230 Å². The molecule has 1 aliphatic heterocycles. The predicted octanol–water partition coefficient (Wildman–Crippen LogP) is 4.14. The summed E-state index contributed by atoms with van der Waals surface area (Å²) in [6.07, 6.45) is 2.58. The third-order valence-electron chi connectivity index (χ3n) is 6.90. The zero-order valence-electron chi connectivity index (χ0n) is 23.0. The van der Waals surface area contributed by atoms with Gasteiger partial charge in [-0.15, -0.1) is 10.2 Å². The highest BCUT2D eigenvalue weighted by Gasteiger charge is 2.25. The number of benzene rings is 2. The van der Waals surface area contributed by atoms with Crippen LogP contribution in [-0.2, 0) is 4.79 Å². The van der Waals surface area contributed by atoms with E-state index in [0.717, 1.165) is 48.6 Å². The lowest BCUT2D eigenvalue weighted by Gasteiger charge is -2.27. The molecule has 0 aliphatic carbocycles. The van der Waals surface area contributed by atoms with E-state index in [4.69, 9.17) is 9.47 Å². The number of carbonyl (C=O) groups excluding carboxylic acids is 2. The summed E-state index contributed by atoms with van der Waals surface area (Å²) in [5.41, 5.74) is 2.24. The van der Waals surface area contributed by atoms with Gasteiger partial charge >= 0.3 is 0 Å². The zero-order chi connectivity index (χ0) is 27.6. The van der Waals surface area contributed by atoms with Gasteiger partial charge in [-0.2, -0.15) is 0 Å². The molecule has 1 saturated heterocycles. The van der Waals surface area contributed by atoms with Crippen LogP contribution < -0.4 is 14.4 Å². The number of aromatic nitrogens is 2. The maximum Gasteiger partial charge on any atom is 0.254 e. The molecule has 3 aromatic rings. The Morgan fingerprint density at radius 2 is 1.67 bits per heavy atom. The summed E-state index contributed by atoms with van der Waals surface area (Å²) in [6, 6.07) is 18.7. The van der Waals surface area contributed by atoms with E-state index in [2.05, 4.69) is 22.0 Å². The molecule has 0 N–H and O–H groups in total. The fraction of sp³-hybridized carbons (Fsp3) is 0.400. The quantitative estimate of drug-likeness (QED) is 0.389. The number of unbranched alkanes of at least 4 members (excludes halogenated alkanes) is 1. The number of carbonyl (C=O) groups is 2. The minimum absolute atomic E-state index is 0.0383. The largest absolute Gasteiger partial charge is 0.497 e. The van der Waals surface area contributed by atoms with Crippen molar-refractivity contribution in [2.24, 2.45) is 0 Å². The van der Waals surface area contributed by atoms with Gasteiger partial charge in [-0.05, 0) is 55.3 Å². The van der Waals surface area contributed by atoms with Gasteiger partial charge in [-0.25, -0.2) is 0 Å². The van der Waals surface area contributed by atoms with Crippen molar-refractivity contribution in [2.45, 2.75) is 26.2 Å². The van der Waals surface area contributed by atoms with Gasteiger partial charge in [0.15, 0.2) is 5.82 Å². The number of ether oxygens (including phenoxy) is 2. The Bertz CT molecular complexity index is 1250. The van der Waals surface area contributed by atoms with E-state index >= 15 is 0 Å². The lowest BCUT2D eigenvalue weighted by atomic mass is 10.1. The molecule has 0 radical (unpaired) electrons. The molecule has 0 atom stereocenters. The molecule has 206 valence electrons. The van der Waals surface area contributed by atoms with Crippen molar-refractivity contribution in [3.8, 4) is 22.8 Å². The Morgan fingerprint density at radius 1 is 0.897 bits per heavy atom. The average molecular weight is 532 g/mol. The average Bonchev–Trinajstić information content (AvgIpc) is 3.25. The van der Waals surface area contributed by atoms with Gasteiger partial charge in [-0.3, -0.25) is 9.59 Å². The SMILES string of the molecule is CCCCN(CC(=O)N1CCCN(c2ccc(-c3cccc(OC)c3)nn2)CC1)C(=O)c1cccc(OC)c1. The predicted molar refractivity (Wildman–Crippen MR) is 151 cm³/mol. The van der Waals surface area contributed by atoms with Crippen LogP contribution in [0.25, 0.3) is 11.3 Å². The molecule has 0 bridgehead atoms. The first-order valence-corrected chi connectivity index (χ1v) is 13.5. The van der Waals surface area contributed by atoms with E-state index in [1.54, 1.807) is 43.4 Å².